The Balaban J connectivity index is 1.93. The zero-order chi connectivity index (χ0) is 10.5. The minimum atomic E-state index is 0.728. The Bertz CT molecular complexity index is 411. The van der Waals surface area contributed by atoms with Crippen molar-refractivity contribution in [3.63, 3.8) is 0 Å². The van der Waals surface area contributed by atoms with Crippen molar-refractivity contribution >= 4 is 15.9 Å². The van der Waals surface area contributed by atoms with E-state index in [0.717, 1.165) is 29.6 Å². The van der Waals surface area contributed by atoms with Gasteiger partial charge in [-0.15, -0.1) is 0 Å². The van der Waals surface area contributed by atoms with Crippen molar-refractivity contribution < 1.29 is 4.52 Å². The molecule has 1 aromatic heterocycles. The Kier molecular flexibility index (Phi) is 3.56. The predicted octanol–water partition coefficient (Wildman–Crippen LogP) is 3.35. The first-order chi connectivity index (χ1) is 7.38. The van der Waals surface area contributed by atoms with E-state index in [1.165, 1.54) is 5.56 Å². The van der Waals surface area contributed by atoms with Gasteiger partial charge in [-0.1, -0.05) is 51.4 Å². The SMILES string of the molecule is BrCc1cc(CCc2ccccc2)no1. The fraction of sp³-hybridized carbons (Fsp3) is 0.250. The third-order valence-corrected chi connectivity index (χ3v) is 2.80. The number of rotatable bonds is 4. The standard InChI is InChI=1S/C12H12BrNO/c13-9-12-8-11(14-15-12)7-6-10-4-2-1-3-5-10/h1-5,8H,6-7,9H2. The average Bonchev–Trinajstić information content (AvgIpc) is 2.76. The van der Waals surface area contributed by atoms with Gasteiger partial charge < -0.3 is 4.52 Å². The summed E-state index contributed by atoms with van der Waals surface area (Å²) < 4.78 is 5.11. The molecule has 0 fully saturated rings. The highest BCUT2D eigenvalue weighted by molar-refractivity contribution is 9.08. The smallest absolute Gasteiger partial charge is 0.147 e. The van der Waals surface area contributed by atoms with Crippen molar-refractivity contribution in [3.05, 3.63) is 53.4 Å². The van der Waals surface area contributed by atoms with Crippen LogP contribution in [-0.4, -0.2) is 5.16 Å². The summed E-state index contributed by atoms with van der Waals surface area (Å²) in [5.74, 6) is 0.887. The first kappa shape index (κ1) is 10.4. The number of alkyl halides is 1. The number of hydrogen-bond acceptors (Lipinski definition) is 2. The molecule has 78 valence electrons. The van der Waals surface area contributed by atoms with Crippen LogP contribution in [0, 0.1) is 0 Å². The van der Waals surface area contributed by atoms with E-state index in [-0.39, 0.29) is 0 Å². The molecular weight excluding hydrogens is 254 g/mol. The molecule has 0 aliphatic carbocycles. The molecule has 0 N–H and O–H groups in total. The molecule has 0 aliphatic rings. The van der Waals surface area contributed by atoms with E-state index in [0.29, 0.717) is 0 Å². The van der Waals surface area contributed by atoms with Gasteiger partial charge in [0.15, 0.2) is 0 Å². The van der Waals surface area contributed by atoms with Crippen LogP contribution in [0.4, 0.5) is 0 Å². The number of hydrogen-bond donors (Lipinski definition) is 0. The van der Waals surface area contributed by atoms with Crippen molar-refractivity contribution in [2.45, 2.75) is 18.2 Å². The molecule has 15 heavy (non-hydrogen) atoms. The molecule has 0 spiro atoms. The Morgan fingerprint density at radius 1 is 1.13 bits per heavy atom. The van der Waals surface area contributed by atoms with Crippen LogP contribution in [0.25, 0.3) is 0 Å². The van der Waals surface area contributed by atoms with Crippen LogP contribution in [0.15, 0.2) is 40.9 Å². The summed E-state index contributed by atoms with van der Waals surface area (Å²) in [5.41, 5.74) is 2.36. The van der Waals surface area contributed by atoms with E-state index in [9.17, 15) is 0 Å². The van der Waals surface area contributed by atoms with Crippen LogP contribution >= 0.6 is 15.9 Å². The van der Waals surface area contributed by atoms with Gasteiger partial charge in [0.1, 0.15) is 5.76 Å². The van der Waals surface area contributed by atoms with Gasteiger partial charge in [0.05, 0.1) is 11.0 Å². The third-order valence-electron chi connectivity index (χ3n) is 2.25. The van der Waals surface area contributed by atoms with E-state index in [1.54, 1.807) is 0 Å². The van der Waals surface area contributed by atoms with Crippen LogP contribution in [0.5, 0.6) is 0 Å². The fourth-order valence-corrected chi connectivity index (χ4v) is 1.72. The van der Waals surface area contributed by atoms with E-state index >= 15 is 0 Å². The van der Waals surface area contributed by atoms with Crippen LogP contribution in [0.1, 0.15) is 17.0 Å². The van der Waals surface area contributed by atoms with E-state index in [4.69, 9.17) is 4.52 Å². The normalized spacial score (nSPS) is 10.5. The maximum absolute atomic E-state index is 5.11. The summed E-state index contributed by atoms with van der Waals surface area (Å²) in [4.78, 5) is 0. The van der Waals surface area contributed by atoms with Gasteiger partial charge in [-0.3, -0.25) is 0 Å². The highest BCUT2D eigenvalue weighted by atomic mass is 79.9. The lowest BCUT2D eigenvalue weighted by Gasteiger charge is -1.96. The lowest BCUT2D eigenvalue weighted by molar-refractivity contribution is 0.389. The first-order valence-corrected chi connectivity index (χ1v) is 6.05. The highest BCUT2D eigenvalue weighted by Gasteiger charge is 2.02. The molecule has 1 aromatic carbocycles. The van der Waals surface area contributed by atoms with Crippen molar-refractivity contribution in [1.82, 2.24) is 5.16 Å². The molecule has 0 radical (unpaired) electrons. The summed E-state index contributed by atoms with van der Waals surface area (Å²) >= 11 is 3.33. The maximum atomic E-state index is 5.11. The monoisotopic (exact) mass is 265 g/mol. The molecule has 0 saturated heterocycles. The second-order valence-electron chi connectivity index (χ2n) is 3.40. The quantitative estimate of drug-likeness (QED) is 0.793. The molecular formula is C12H12BrNO. The van der Waals surface area contributed by atoms with Gasteiger partial charge in [0.25, 0.3) is 0 Å². The van der Waals surface area contributed by atoms with E-state index in [1.807, 2.05) is 12.1 Å². The number of aromatic nitrogens is 1. The topological polar surface area (TPSA) is 26.0 Å². The fourth-order valence-electron chi connectivity index (χ4n) is 1.45. The third kappa shape index (κ3) is 2.93. The Labute approximate surface area is 97.4 Å². The van der Waals surface area contributed by atoms with Gasteiger partial charge in [0.2, 0.25) is 0 Å². The summed E-state index contributed by atoms with van der Waals surface area (Å²) in [5, 5.41) is 4.72. The van der Waals surface area contributed by atoms with Gasteiger partial charge in [-0.25, -0.2) is 0 Å². The molecule has 0 atom stereocenters. The van der Waals surface area contributed by atoms with Crippen LogP contribution in [-0.2, 0) is 18.2 Å². The number of halogens is 1. The molecule has 2 nitrogen and oxygen atoms in total. The predicted molar refractivity (Wildman–Crippen MR) is 63.0 cm³/mol. The van der Waals surface area contributed by atoms with Gasteiger partial charge >= 0.3 is 0 Å². The average molecular weight is 266 g/mol. The van der Waals surface area contributed by atoms with Crippen molar-refractivity contribution in [2.75, 3.05) is 0 Å². The van der Waals surface area contributed by atoms with Crippen LogP contribution in [0.3, 0.4) is 0 Å². The summed E-state index contributed by atoms with van der Waals surface area (Å²) in [6.07, 6.45) is 1.94. The minimum absolute atomic E-state index is 0.728. The Morgan fingerprint density at radius 2 is 1.93 bits per heavy atom. The number of aryl methyl sites for hydroxylation is 2. The summed E-state index contributed by atoms with van der Waals surface area (Å²) in [6, 6.07) is 12.4. The first-order valence-electron chi connectivity index (χ1n) is 4.93. The van der Waals surface area contributed by atoms with Gasteiger partial charge in [-0.2, -0.15) is 0 Å². The number of benzene rings is 1. The van der Waals surface area contributed by atoms with E-state index < -0.39 is 0 Å². The second-order valence-corrected chi connectivity index (χ2v) is 3.96. The lowest BCUT2D eigenvalue weighted by atomic mass is 10.1. The molecule has 0 aliphatic heterocycles. The van der Waals surface area contributed by atoms with Gasteiger partial charge in [-0.05, 0) is 18.4 Å². The molecule has 2 rings (SSSR count). The maximum Gasteiger partial charge on any atom is 0.147 e. The van der Waals surface area contributed by atoms with Crippen molar-refractivity contribution in [1.29, 1.82) is 0 Å². The molecule has 0 saturated carbocycles. The molecule has 0 unspecified atom stereocenters. The molecule has 3 heteroatoms. The zero-order valence-corrected chi connectivity index (χ0v) is 9.90. The largest absolute Gasteiger partial charge is 0.360 e. The lowest BCUT2D eigenvalue weighted by Crippen LogP contribution is -1.90. The van der Waals surface area contributed by atoms with E-state index in [2.05, 4.69) is 45.4 Å². The molecule has 1 heterocycles. The summed E-state index contributed by atoms with van der Waals surface area (Å²) in [7, 11) is 0. The Morgan fingerprint density at radius 3 is 2.60 bits per heavy atom. The van der Waals surface area contributed by atoms with Crippen LogP contribution in [0.2, 0.25) is 0 Å². The van der Waals surface area contributed by atoms with Crippen LogP contribution < -0.4 is 0 Å². The zero-order valence-electron chi connectivity index (χ0n) is 8.32. The van der Waals surface area contributed by atoms with Crippen molar-refractivity contribution in [3.8, 4) is 0 Å². The summed E-state index contributed by atoms with van der Waals surface area (Å²) in [6.45, 7) is 0. The number of nitrogens with zero attached hydrogens (tertiary/aromatic N) is 1. The molecule has 0 amide bonds. The highest BCUT2D eigenvalue weighted by Crippen LogP contribution is 2.10. The molecule has 0 bridgehead atoms. The molecule has 2 aromatic rings. The second kappa shape index (κ2) is 5.12. The van der Waals surface area contributed by atoms with Gasteiger partial charge in [0, 0.05) is 6.07 Å². The minimum Gasteiger partial charge on any atom is -0.360 e. The van der Waals surface area contributed by atoms with Crippen molar-refractivity contribution in [2.24, 2.45) is 0 Å². The Hall–Kier alpha value is -1.09.